The minimum Gasteiger partial charge on any atom is -0.396 e. The number of Topliss-reactive ketones (excluding diaryl/α,β-unsaturated/α-hetero) is 1. The molecule has 3 nitrogen and oxygen atoms in total. The molecule has 4 rings (SSSR count). The van der Waals surface area contributed by atoms with Crippen molar-refractivity contribution in [2.45, 2.75) is 78.6 Å². The van der Waals surface area contributed by atoms with E-state index in [0.717, 1.165) is 44.9 Å². The second kappa shape index (κ2) is 8.14. The number of fused-ring (bicyclic) bond motifs is 5. The van der Waals surface area contributed by atoms with E-state index in [4.69, 9.17) is 5.11 Å². The van der Waals surface area contributed by atoms with Crippen LogP contribution in [-0.4, -0.2) is 23.3 Å². The van der Waals surface area contributed by atoms with Gasteiger partial charge in [0.2, 0.25) is 0 Å². The van der Waals surface area contributed by atoms with E-state index in [-0.39, 0.29) is 23.2 Å². The molecule has 0 heterocycles. The number of hydrogen-bond acceptors (Lipinski definition) is 3. The lowest BCUT2D eigenvalue weighted by atomic mass is 9.47. The van der Waals surface area contributed by atoms with Crippen LogP contribution in [0.1, 0.15) is 78.6 Å². The second-order valence-electron chi connectivity index (χ2n) is 9.11. The zero-order valence-corrected chi connectivity index (χ0v) is 17.4. The van der Waals surface area contributed by atoms with Crippen molar-refractivity contribution < 1.29 is 14.7 Å². The molecular formula is C22H35ClO3. The van der Waals surface area contributed by atoms with E-state index in [9.17, 15) is 9.59 Å². The number of carbonyl (C=O) groups is 2. The number of ketones is 2. The predicted octanol–water partition coefficient (Wildman–Crippen LogP) is 4.90. The van der Waals surface area contributed by atoms with Gasteiger partial charge in [-0.2, -0.15) is 0 Å². The van der Waals surface area contributed by atoms with Gasteiger partial charge in [0.15, 0.2) is 5.78 Å². The third kappa shape index (κ3) is 3.42. The molecule has 0 amide bonds. The number of aliphatic hydroxyl groups is 1. The van der Waals surface area contributed by atoms with E-state index < -0.39 is 0 Å². The third-order valence-corrected chi connectivity index (χ3v) is 7.89. The molecule has 0 spiro atoms. The van der Waals surface area contributed by atoms with Gasteiger partial charge >= 0.3 is 0 Å². The Morgan fingerprint density at radius 2 is 1.65 bits per heavy atom. The van der Waals surface area contributed by atoms with Gasteiger partial charge in [0.25, 0.3) is 0 Å². The Bertz CT molecular complexity index is 582. The van der Waals surface area contributed by atoms with Crippen molar-refractivity contribution in [3.05, 3.63) is 11.6 Å². The highest BCUT2D eigenvalue weighted by atomic mass is 35.5. The number of rotatable bonds is 1. The van der Waals surface area contributed by atoms with Crippen LogP contribution in [0.3, 0.4) is 0 Å². The topological polar surface area (TPSA) is 54.4 Å². The molecule has 0 saturated heterocycles. The lowest BCUT2D eigenvalue weighted by Crippen LogP contribution is -2.50. The molecule has 26 heavy (non-hydrogen) atoms. The fraction of sp³-hybridized carbons (Fsp3) is 0.818. The number of aliphatic hydroxyl groups excluding tert-OH is 1. The van der Waals surface area contributed by atoms with Gasteiger partial charge in [-0.25, -0.2) is 0 Å². The lowest BCUT2D eigenvalue weighted by molar-refractivity contribution is -0.132. The summed E-state index contributed by atoms with van der Waals surface area (Å²) >= 11 is 0. The van der Waals surface area contributed by atoms with E-state index >= 15 is 0 Å². The first-order chi connectivity index (χ1) is 11.9. The molecular weight excluding hydrogens is 348 g/mol. The molecule has 4 heteroatoms. The van der Waals surface area contributed by atoms with Gasteiger partial charge in [0.1, 0.15) is 5.78 Å². The summed E-state index contributed by atoms with van der Waals surface area (Å²) in [4.78, 5) is 24.1. The lowest BCUT2D eigenvalue weighted by Gasteiger charge is -2.56. The van der Waals surface area contributed by atoms with E-state index in [1.807, 2.05) is 13.0 Å². The monoisotopic (exact) mass is 382 g/mol. The zero-order chi connectivity index (χ0) is 18.2. The van der Waals surface area contributed by atoms with Crippen LogP contribution < -0.4 is 0 Å². The Morgan fingerprint density at radius 1 is 1.00 bits per heavy atom. The molecule has 3 saturated carbocycles. The van der Waals surface area contributed by atoms with Crippen LogP contribution in [0.15, 0.2) is 11.6 Å². The normalized spacial score (nSPS) is 40.9. The van der Waals surface area contributed by atoms with Gasteiger partial charge in [0, 0.05) is 24.9 Å². The number of allylic oxidation sites excluding steroid dienone is 1. The van der Waals surface area contributed by atoms with Crippen LogP contribution in [0, 0.1) is 28.6 Å². The molecule has 0 radical (unpaired) electrons. The van der Waals surface area contributed by atoms with Crippen LogP contribution in [-0.2, 0) is 9.59 Å². The average Bonchev–Trinajstić information content (AvgIpc) is 2.91. The van der Waals surface area contributed by atoms with Crippen LogP contribution in [0.2, 0.25) is 0 Å². The molecule has 0 aromatic carbocycles. The number of hydrogen-bond donors (Lipinski definition) is 1. The molecule has 0 bridgehead atoms. The first-order valence-corrected chi connectivity index (χ1v) is 10.2. The molecule has 3 fully saturated rings. The largest absolute Gasteiger partial charge is 0.396 e. The van der Waals surface area contributed by atoms with E-state index in [1.165, 1.54) is 18.4 Å². The molecule has 148 valence electrons. The Morgan fingerprint density at radius 3 is 2.31 bits per heavy atom. The highest BCUT2D eigenvalue weighted by molar-refractivity contribution is 5.91. The van der Waals surface area contributed by atoms with Crippen molar-refractivity contribution >= 4 is 24.0 Å². The Labute approximate surface area is 164 Å². The number of halogens is 1. The van der Waals surface area contributed by atoms with Crippen LogP contribution >= 0.6 is 12.4 Å². The quantitative estimate of drug-likeness (QED) is 0.701. The fourth-order valence-corrected chi connectivity index (χ4v) is 6.33. The van der Waals surface area contributed by atoms with Gasteiger partial charge in [-0.05, 0) is 74.2 Å². The summed E-state index contributed by atoms with van der Waals surface area (Å²) < 4.78 is 0. The smallest absolute Gasteiger partial charge is 0.155 e. The Kier molecular flexibility index (Phi) is 6.77. The molecule has 4 aliphatic carbocycles. The first kappa shape index (κ1) is 21.6. The fourth-order valence-electron chi connectivity index (χ4n) is 6.33. The van der Waals surface area contributed by atoms with E-state index in [2.05, 4.69) is 13.8 Å². The molecule has 0 unspecified atom stereocenters. The first-order valence-electron chi connectivity index (χ1n) is 10.2. The summed E-state index contributed by atoms with van der Waals surface area (Å²) in [7, 11) is 0. The van der Waals surface area contributed by atoms with E-state index in [0.29, 0.717) is 35.9 Å². The third-order valence-electron chi connectivity index (χ3n) is 7.89. The van der Waals surface area contributed by atoms with Crippen molar-refractivity contribution in [1.29, 1.82) is 0 Å². The molecule has 4 aliphatic rings. The molecule has 0 aromatic heterocycles. The van der Waals surface area contributed by atoms with Crippen LogP contribution in [0.25, 0.3) is 0 Å². The molecule has 5 atom stereocenters. The summed E-state index contributed by atoms with van der Waals surface area (Å²) in [6, 6.07) is 0. The maximum Gasteiger partial charge on any atom is 0.155 e. The summed E-state index contributed by atoms with van der Waals surface area (Å²) in [5, 5.41) is 7.88. The predicted molar refractivity (Wildman–Crippen MR) is 106 cm³/mol. The van der Waals surface area contributed by atoms with Crippen molar-refractivity contribution in [1.82, 2.24) is 0 Å². The van der Waals surface area contributed by atoms with Gasteiger partial charge in [-0.15, -0.1) is 12.4 Å². The van der Waals surface area contributed by atoms with Crippen LogP contribution in [0.5, 0.6) is 0 Å². The van der Waals surface area contributed by atoms with Crippen molar-refractivity contribution in [3.8, 4) is 0 Å². The van der Waals surface area contributed by atoms with Crippen molar-refractivity contribution in [2.75, 3.05) is 6.61 Å². The highest BCUT2D eigenvalue weighted by Crippen LogP contribution is 2.64. The van der Waals surface area contributed by atoms with Gasteiger partial charge in [0.05, 0.1) is 0 Å². The van der Waals surface area contributed by atoms with Gasteiger partial charge < -0.3 is 5.11 Å². The summed E-state index contributed by atoms with van der Waals surface area (Å²) in [6.07, 6.45) is 11.1. The summed E-state index contributed by atoms with van der Waals surface area (Å²) in [6.45, 7) is 6.89. The van der Waals surface area contributed by atoms with E-state index in [1.54, 1.807) is 0 Å². The molecule has 1 N–H and O–H groups in total. The molecule has 0 aromatic rings. The Balaban J connectivity index is 0.000000444. The maximum absolute atomic E-state index is 12.4. The van der Waals surface area contributed by atoms with Crippen molar-refractivity contribution in [2.24, 2.45) is 28.6 Å². The standard InChI is InChI=1S/C19H26O2.C3H8O.ClH/c1-18-9-7-13(20)11-12(18)3-4-14-15-5-6-17(21)19(15,2)10-8-16(14)18;1-2-3-4;/h11,14-16H,3-10H2,1-2H3;4H,2-3H2,1H3;1H/t14-,15-,16-,18-,19-;;/m0../s1. The zero-order valence-electron chi connectivity index (χ0n) is 16.6. The Hall–Kier alpha value is -0.670. The van der Waals surface area contributed by atoms with Gasteiger partial charge in [-0.1, -0.05) is 26.3 Å². The minimum atomic E-state index is -0.0246. The summed E-state index contributed by atoms with van der Waals surface area (Å²) in [5.41, 5.74) is 1.64. The molecule has 0 aliphatic heterocycles. The second-order valence-corrected chi connectivity index (χ2v) is 9.11. The minimum absolute atomic E-state index is 0. The maximum atomic E-state index is 12.4. The van der Waals surface area contributed by atoms with Crippen molar-refractivity contribution in [3.63, 3.8) is 0 Å². The number of carbonyl (C=O) groups excluding carboxylic acids is 2. The SMILES string of the molecule is CCCO.C[C@]12CCC(=O)C=C1CC[C@@H]1[C@@H]2CC[C@]2(C)C(=O)CC[C@@H]12.Cl. The summed E-state index contributed by atoms with van der Waals surface area (Å²) in [5.74, 6) is 2.88. The highest BCUT2D eigenvalue weighted by Gasteiger charge is 2.58. The van der Waals surface area contributed by atoms with Crippen LogP contribution in [0.4, 0.5) is 0 Å². The average molecular weight is 383 g/mol. The van der Waals surface area contributed by atoms with Gasteiger partial charge in [-0.3, -0.25) is 9.59 Å².